The number of anilines is 2. The molecule has 2 heterocycles. The van der Waals surface area contributed by atoms with Crippen LogP contribution in [0, 0.1) is 0 Å². The van der Waals surface area contributed by atoms with Gasteiger partial charge in [-0.25, -0.2) is 4.98 Å². The van der Waals surface area contributed by atoms with Crippen molar-refractivity contribution in [3.8, 4) is 0 Å². The van der Waals surface area contributed by atoms with E-state index in [0.29, 0.717) is 13.0 Å². The Hall–Kier alpha value is -1.62. The van der Waals surface area contributed by atoms with Crippen molar-refractivity contribution >= 4 is 17.4 Å². The van der Waals surface area contributed by atoms with Crippen LogP contribution in [0.2, 0.25) is 0 Å². The molecule has 1 aromatic heterocycles. The van der Waals surface area contributed by atoms with Crippen LogP contribution < -0.4 is 15.5 Å². The zero-order valence-corrected chi connectivity index (χ0v) is 10.8. The van der Waals surface area contributed by atoms with Crippen LogP contribution in [0.5, 0.6) is 0 Å². The Kier molecular flexibility index (Phi) is 4.52. The van der Waals surface area contributed by atoms with Gasteiger partial charge in [0.1, 0.15) is 0 Å². The molecule has 1 aliphatic rings. The molecule has 1 fully saturated rings. The molecule has 0 saturated carbocycles. The molecular formula is C13H20N4O. The fraction of sp³-hybridized carbons (Fsp3) is 0.538. The molecule has 0 radical (unpaired) electrons. The van der Waals surface area contributed by atoms with E-state index in [2.05, 4.69) is 20.5 Å². The van der Waals surface area contributed by atoms with E-state index in [1.165, 1.54) is 12.8 Å². The van der Waals surface area contributed by atoms with E-state index < -0.39 is 0 Å². The van der Waals surface area contributed by atoms with Crippen LogP contribution in [0.25, 0.3) is 0 Å². The van der Waals surface area contributed by atoms with Gasteiger partial charge < -0.3 is 15.5 Å². The van der Waals surface area contributed by atoms with E-state index >= 15 is 0 Å². The second kappa shape index (κ2) is 6.35. The summed E-state index contributed by atoms with van der Waals surface area (Å²) in [6, 6.07) is 3.77. The summed E-state index contributed by atoms with van der Waals surface area (Å²) in [6.07, 6.45) is 4.65. The molecule has 0 bridgehead atoms. The Bertz CT molecular complexity index is 402. The number of aromatic nitrogens is 1. The van der Waals surface area contributed by atoms with Gasteiger partial charge >= 0.3 is 0 Å². The van der Waals surface area contributed by atoms with E-state index in [9.17, 15) is 4.79 Å². The van der Waals surface area contributed by atoms with Crippen LogP contribution in [0.3, 0.4) is 0 Å². The van der Waals surface area contributed by atoms with Gasteiger partial charge in [0, 0.05) is 32.3 Å². The summed E-state index contributed by atoms with van der Waals surface area (Å²) >= 11 is 0. The largest absolute Gasteiger partial charge is 0.355 e. The minimum Gasteiger partial charge on any atom is -0.355 e. The number of hydrogen-bond acceptors (Lipinski definition) is 4. The zero-order valence-electron chi connectivity index (χ0n) is 10.8. The third-order valence-corrected chi connectivity index (χ3v) is 3.07. The molecule has 0 spiro atoms. The first kappa shape index (κ1) is 12.8. The fourth-order valence-corrected chi connectivity index (χ4v) is 2.13. The highest BCUT2D eigenvalue weighted by molar-refractivity contribution is 5.93. The van der Waals surface area contributed by atoms with Crippen molar-refractivity contribution in [2.24, 2.45) is 0 Å². The van der Waals surface area contributed by atoms with Crippen molar-refractivity contribution in [1.82, 2.24) is 10.3 Å². The maximum atomic E-state index is 11.7. The van der Waals surface area contributed by atoms with Gasteiger partial charge in [0.2, 0.25) is 5.91 Å². The van der Waals surface area contributed by atoms with Crippen LogP contribution in [0.4, 0.5) is 11.5 Å². The number of amides is 1. The number of carbonyl (C=O) groups excluding carboxylic acids is 1. The monoisotopic (exact) mass is 248 g/mol. The number of rotatable bonds is 5. The quantitative estimate of drug-likeness (QED) is 0.823. The number of hydrogen-bond donors (Lipinski definition) is 2. The summed E-state index contributed by atoms with van der Waals surface area (Å²) in [5.74, 6) is 0.922. The van der Waals surface area contributed by atoms with Gasteiger partial charge in [0.05, 0.1) is 5.69 Å². The topological polar surface area (TPSA) is 57.3 Å². The molecule has 1 aromatic rings. The lowest BCUT2D eigenvalue weighted by Gasteiger charge is -2.19. The predicted octanol–water partition coefficient (Wildman–Crippen LogP) is 1.23. The maximum Gasteiger partial charge on any atom is 0.225 e. The van der Waals surface area contributed by atoms with Crippen molar-refractivity contribution < 1.29 is 4.79 Å². The summed E-state index contributed by atoms with van der Waals surface area (Å²) < 4.78 is 0. The molecule has 1 aliphatic heterocycles. The second-order valence-electron chi connectivity index (χ2n) is 4.47. The average molecular weight is 248 g/mol. The normalized spacial score (nSPS) is 14.8. The summed E-state index contributed by atoms with van der Waals surface area (Å²) in [5, 5.41) is 5.91. The molecule has 0 unspecified atom stereocenters. The Morgan fingerprint density at radius 1 is 1.44 bits per heavy atom. The van der Waals surface area contributed by atoms with Gasteiger partial charge in [0.15, 0.2) is 5.82 Å². The lowest BCUT2D eigenvalue weighted by atomic mass is 10.3. The number of carbonyl (C=O) groups is 1. The first-order valence-corrected chi connectivity index (χ1v) is 6.45. The molecule has 0 aliphatic carbocycles. The predicted molar refractivity (Wildman–Crippen MR) is 72.9 cm³/mol. The van der Waals surface area contributed by atoms with E-state index in [-0.39, 0.29) is 5.91 Å². The standard InChI is InChI=1S/C13H20N4O/c1-14-8-6-12(18)16-11-5-4-7-15-13(11)17-9-2-3-10-17/h4-5,7,14H,2-3,6,8-10H2,1H3,(H,16,18). The first-order chi connectivity index (χ1) is 8.81. The third kappa shape index (κ3) is 3.20. The molecule has 2 N–H and O–H groups in total. The summed E-state index contributed by atoms with van der Waals surface area (Å²) in [4.78, 5) is 18.4. The highest BCUT2D eigenvalue weighted by Crippen LogP contribution is 2.25. The van der Waals surface area contributed by atoms with Gasteiger partial charge in [-0.1, -0.05) is 0 Å². The molecule has 5 heteroatoms. The van der Waals surface area contributed by atoms with E-state index in [0.717, 1.165) is 24.6 Å². The second-order valence-corrected chi connectivity index (χ2v) is 4.47. The maximum absolute atomic E-state index is 11.7. The fourth-order valence-electron chi connectivity index (χ4n) is 2.13. The van der Waals surface area contributed by atoms with Gasteiger partial charge in [-0.05, 0) is 32.0 Å². The van der Waals surface area contributed by atoms with Gasteiger partial charge in [0.25, 0.3) is 0 Å². The van der Waals surface area contributed by atoms with Crippen molar-refractivity contribution in [3.63, 3.8) is 0 Å². The highest BCUT2D eigenvalue weighted by Gasteiger charge is 2.17. The molecule has 0 atom stereocenters. The van der Waals surface area contributed by atoms with E-state index in [1.54, 1.807) is 6.20 Å². The van der Waals surface area contributed by atoms with Crippen molar-refractivity contribution in [3.05, 3.63) is 18.3 Å². The lowest BCUT2D eigenvalue weighted by molar-refractivity contribution is -0.116. The van der Waals surface area contributed by atoms with Crippen LogP contribution in [-0.2, 0) is 4.79 Å². The Labute approximate surface area is 108 Å². The Balaban J connectivity index is 2.05. The smallest absolute Gasteiger partial charge is 0.225 e. The number of pyridine rings is 1. The number of nitrogens with zero attached hydrogens (tertiary/aromatic N) is 2. The van der Waals surface area contributed by atoms with Crippen molar-refractivity contribution in [1.29, 1.82) is 0 Å². The van der Waals surface area contributed by atoms with E-state index in [4.69, 9.17) is 0 Å². The average Bonchev–Trinajstić information content (AvgIpc) is 2.91. The van der Waals surface area contributed by atoms with E-state index in [1.807, 2.05) is 19.2 Å². The minimum absolute atomic E-state index is 0.0257. The Morgan fingerprint density at radius 3 is 2.94 bits per heavy atom. The van der Waals surface area contributed by atoms with Crippen LogP contribution in [-0.4, -0.2) is 37.6 Å². The third-order valence-electron chi connectivity index (χ3n) is 3.07. The highest BCUT2D eigenvalue weighted by atomic mass is 16.1. The van der Waals surface area contributed by atoms with Crippen molar-refractivity contribution in [2.45, 2.75) is 19.3 Å². The first-order valence-electron chi connectivity index (χ1n) is 6.45. The molecule has 98 valence electrons. The van der Waals surface area contributed by atoms with Crippen LogP contribution in [0.15, 0.2) is 18.3 Å². The van der Waals surface area contributed by atoms with Crippen molar-refractivity contribution in [2.75, 3.05) is 36.9 Å². The van der Waals surface area contributed by atoms with Gasteiger partial charge in [-0.15, -0.1) is 0 Å². The van der Waals surface area contributed by atoms with Crippen LogP contribution in [0.1, 0.15) is 19.3 Å². The number of nitrogens with one attached hydrogen (secondary N) is 2. The van der Waals surface area contributed by atoms with Crippen LogP contribution >= 0.6 is 0 Å². The Morgan fingerprint density at radius 2 is 2.22 bits per heavy atom. The molecule has 1 amide bonds. The summed E-state index contributed by atoms with van der Waals surface area (Å²) in [6.45, 7) is 2.73. The summed E-state index contributed by atoms with van der Waals surface area (Å²) in [7, 11) is 1.84. The lowest BCUT2D eigenvalue weighted by Crippen LogP contribution is -2.23. The molecule has 18 heavy (non-hydrogen) atoms. The summed E-state index contributed by atoms with van der Waals surface area (Å²) in [5.41, 5.74) is 0.820. The molecular weight excluding hydrogens is 228 g/mol. The SMILES string of the molecule is CNCCC(=O)Nc1cccnc1N1CCCC1. The minimum atomic E-state index is 0.0257. The molecule has 5 nitrogen and oxygen atoms in total. The van der Waals surface area contributed by atoms with Gasteiger partial charge in [-0.3, -0.25) is 4.79 Å². The van der Waals surface area contributed by atoms with Gasteiger partial charge in [-0.2, -0.15) is 0 Å². The molecule has 0 aromatic carbocycles. The molecule has 2 rings (SSSR count). The molecule has 1 saturated heterocycles. The zero-order chi connectivity index (χ0) is 12.8.